The van der Waals surface area contributed by atoms with Gasteiger partial charge >= 0.3 is 17.9 Å². The fourth-order valence-electron chi connectivity index (χ4n) is 9.91. The monoisotopic (exact) mass is 1230 g/mol. The minimum atomic E-state index is -2.23. The van der Waals surface area contributed by atoms with Crippen LogP contribution < -0.4 is 0 Å². The highest BCUT2D eigenvalue weighted by atomic mass is 31.2. The molecular formula is C62H84F8N3O11P. The van der Waals surface area contributed by atoms with Gasteiger partial charge in [-0.15, -0.1) is 0 Å². The SMILES string of the molecule is CCOC(=O)/C=C/c1ccc(F)c(F)c1.CCOC(=O)CP(C)(C)=O.CCOC(=O)[C@@H]1CN(CCOC)C[C@H]1c1ccc(F)c(F)c1.CC[C@@H]1CN(CCOC)C[C@H]1c1ccc(F)c(F)c1.COCCN1C[C@@H](CO)[C@H](c2ccc(F)c(F)c2)C1. The van der Waals surface area contributed by atoms with Crippen molar-refractivity contribution < 1.29 is 87.6 Å². The quantitative estimate of drug-likeness (QED) is 0.0261. The van der Waals surface area contributed by atoms with Gasteiger partial charge in [0.25, 0.3) is 0 Å². The minimum absolute atomic E-state index is 0.0388. The number of halogens is 8. The zero-order valence-corrected chi connectivity index (χ0v) is 51.0. The fourth-order valence-corrected chi connectivity index (χ4v) is 10.6. The van der Waals surface area contributed by atoms with Gasteiger partial charge in [0.15, 0.2) is 46.5 Å². The maximum absolute atomic E-state index is 13.5. The smallest absolute Gasteiger partial charge is 0.330 e. The Kier molecular flexibility index (Phi) is 33.4. The maximum Gasteiger partial charge on any atom is 0.330 e. The lowest BCUT2D eigenvalue weighted by Gasteiger charge is -2.17. The molecule has 0 unspecified atom stereocenters. The van der Waals surface area contributed by atoms with Crippen LogP contribution in [0.4, 0.5) is 35.1 Å². The molecule has 0 amide bonds. The summed E-state index contributed by atoms with van der Waals surface area (Å²) >= 11 is 0. The summed E-state index contributed by atoms with van der Waals surface area (Å²) in [5.41, 5.74) is 2.68. The first-order chi connectivity index (χ1) is 40.4. The number of methoxy groups -OCH3 is 3. The van der Waals surface area contributed by atoms with Gasteiger partial charge in [-0.05, 0) is 117 Å². The molecule has 7 rings (SSSR count). The highest BCUT2D eigenvalue weighted by Gasteiger charge is 2.40. The second kappa shape index (κ2) is 38.6. The first-order valence-corrected chi connectivity index (χ1v) is 31.0. The Hall–Kier alpha value is -5.58. The van der Waals surface area contributed by atoms with E-state index in [1.807, 2.05) is 0 Å². The number of carbonyl (C=O) groups is 3. The summed E-state index contributed by atoms with van der Waals surface area (Å²) in [5, 5.41) is 9.44. The van der Waals surface area contributed by atoms with Gasteiger partial charge in [-0.25, -0.2) is 39.9 Å². The summed E-state index contributed by atoms with van der Waals surface area (Å²) < 4.78 is 145. The van der Waals surface area contributed by atoms with E-state index in [1.165, 1.54) is 42.5 Å². The molecule has 14 nitrogen and oxygen atoms in total. The lowest BCUT2D eigenvalue weighted by atomic mass is 9.87. The average molecular weight is 1230 g/mol. The van der Waals surface area contributed by atoms with Crippen LogP contribution in [0.25, 0.3) is 6.08 Å². The van der Waals surface area contributed by atoms with E-state index in [2.05, 4.69) is 31.1 Å². The number of carbonyl (C=O) groups excluding carboxylic acids is 3. The van der Waals surface area contributed by atoms with E-state index in [9.17, 15) is 59.2 Å². The molecule has 3 saturated heterocycles. The molecule has 23 heteroatoms. The Labute approximate surface area is 495 Å². The first-order valence-electron chi connectivity index (χ1n) is 28.2. The number of nitrogens with zero attached hydrogens (tertiary/aromatic N) is 3. The Bertz CT molecular complexity index is 2680. The van der Waals surface area contributed by atoms with Gasteiger partial charge in [0.05, 0.1) is 58.9 Å². The molecule has 0 spiro atoms. The number of hydrogen-bond donors (Lipinski definition) is 1. The van der Waals surface area contributed by atoms with Crippen molar-refractivity contribution in [3.63, 3.8) is 0 Å². The van der Waals surface area contributed by atoms with Gasteiger partial charge in [-0.2, -0.15) is 0 Å². The number of rotatable bonds is 22. The van der Waals surface area contributed by atoms with Crippen LogP contribution in [0, 0.1) is 64.3 Å². The Morgan fingerprint density at radius 3 is 1.33 bits per heavy atom. The molecule has 1 N–H and O–H groups in total. The number of likely N-dealkylation sites (tertiary alicyclic amines) is 3. The molecule has 6 atom stereocenters. The number of ether oxygens (including phenoxy) is 6. The second-order valence-electron chi connectivity index (χ2n) is 20.9. The van der Waals surface area contributed by atoms with Crippen molar-refractivity contribution in [3.8, 4) is 0 Å². The summed E-state index contributed by atoms with van der Waals surface area (Å²) in [6.07, 6.45) is 3.63. The van der Waals surface area contributed by atoms with E-state index in [4.69, 9.17) is 18.9 Å². The zero-order chi connectivity index (χ0) is 63.2. The first kappa shape index (κ1) is 73.7. The summed E-state index contributed by atoms with van der Waals surface area (Å²) in [6.45, 7) is 20.2. The van der Waals surface area contributed by atoms with Gasteiger partial charge in [0.2, 0.25) is 0 Å². The second-order valence-corrected chi connectivity index (χ2v) is 24.3. The minimum Gasteiger partial charge on any atom is -0.466 e. The molecular weight excluding hydrogens is 1150 g/mol. The van der Waals surface area contributed by atoms with Crippen molar-refractivity contribution in [2.24, 2.45) is 17.8 Å². The molecule has 3 aliphatic rings. The molecule has 3 aliphatic heterocycles. The van der Waals surface area contributed by atoms with Crippen LogP contribution in [-0.2, 0) is 47.4 Å². The van der Waals surface area contributed by atoms with Crippen molar-refractivity contribution in [2.45, 2.75) is 51.9 Å². The molecule has 3 heterocycles. The summed E-state index contributed by atoms with van der Waals surface area (Å²) in [4.78, 5) is 40.3. The van der Waals surface area contributed by atoms with Crippen molar-refractivity contribution in [2.75, 3.05) is 146 Å². The molecule has 4 aromatic carbocycles. The Balaban J connectivity index is 0.000000284. The van der Waals surface area contributed by atoms with Crippen LogP contribution in [0.3, 0.4) is 0 Å². The molecule has 0 saturated carbocycles. The van der Waals surface area contributed by atoms with Gasteiger partial charge in [-0.1, -0.05) is 37.6 Å². The van der Waals surface area contributed by atoms with E-state index < -0.39 is 59.6 Å². The molecule has 0 bridgehead atoms. The lowest BCUT2D eigenvalue weighted by molar-refractivity contribution is -0.148. The molecule has 0 aromatic heterocycles. The molecule has 474 valence electrons. The largest absolute Gasteiger partial charge is 0.466 e. The summed E-state index contributed by atoms with van der Waals surface area (Å²) in [5.74, 6) is -7.68. The number of aliphatic hydroxyl groups excluding tert-OH is 1. The maximum atomic E-state index is 13.5. The number of benzene rings is 4. The van der Waals surface area contributed by atoms with Crippen LogP contribution in [0.2, 0.25) is 0 Å². The topological polar surface area (TPSA) is 154 Å². The highest BCUT2D eigenvalue weighted by Crippen LogP contribution is 2.37. The van der Waals surface area contributed by atoms with E-state index in [-0.39, 0.29) is 60.9 Å². The fraction of sp³-hybridized carbons (Fsp3) is 0.532. The predicted molar refractivity (Wildman–Crippen MR) is 310 cm³/mol. The van der Waals surface area contributed by atoms with Crippen LogP contribution in [0.15, 0.2) is 78.9 Å². The normalized spacial score (nSPS) is 19.6. The number of aliphatic hydroxyl groups is 1. The van der Waals surface area contributed by atoms with Gasteiger partial charge in [-0.3, -0.25) is 14.5 Å². The van der Waals surface area contributed by atoms with E-state index in [1.54, 1.807) is 67.6 Å². The predicted octanol–water partition coefficient (Wildman–Crippen LogP) is 10.6. The van der Waals surface area contributed by atoms with E-state index in [0.29, 0.717) is 69.7 Å². The highest BCUT2D eigenvalue weighted by molar-refractivity contribution is 7.63. The average Bonchev–Trinajstić information content (AvgIpc) is 4.08. The third kappa shape index (κ3) is 25.7. The van der Waals surface area contributed by atoms with Gasteiger partial charge in [0.1, 0.15) is 0 Å². The Morgan fingerprint density at radius 1 is 0.529 bits per heavy atom. The van der Waals surface area contributed by atoms with E-state index in [0.717, 1.165) is 87.2 Å². The Morgan fingerprint density at radius 2 is 0.929 bits per heavy atom. The third-order valence-electron chi connectivity index (χ3n) is 14.2. The van der Waals surface area contributed by atoms with E-state index >= 15 is 0 Å². The van der Waals surface area contributed by atoms with Crippen molar-refractivity contribution in [3.05, 3.63) is 148 Å². The molecule has 3 fully saturated rings. The molecule has 85 heavy (non-hydrogen) atoms. The molecule has 4 aromatic rings. The number of esters is 3. The summed E-state index contributed by atoms with van der Waals surface area (Å²) in [7, 11) is 2.73. The van der Waals surface area contributed by atoms with Crippen LogP contribution in [-0.4, -0.2) is 184 Å². The van der Waals surface area contributed by atoms with Crippen molar-refractivity contribution >= 4 is 31.1 Å². The van der Waals surface area contributed by atoms with Gasteiger partial charge in [0, 0.05) is 117 Å². The van der Waals surface area contributed by atoms with Crippen LogP contribution >= 0.6 is 7.14 Å². The third-order valence-corrected chi connectivity index (χ3v) is 15.2. The van der Waals surface area contributed by atoms with Crippen molar-refractivity contribution in [1.29, 1.82) is 0 Å². The van der Waals surface area contributed by atoms with Gasteiger partial charge < -0.3 is 47.9 Å². The molecule has 0 aliphatic carbocycles. The van der Waals surface area contributed by atoms with Crippen LogP contribution in [0.5, 0.6) is 0 Å². The lowest BCUT2D eigenvalue weighted by Crippen LogP contribution is -2.27. The zero-order valence-electron chi connectivity index (χ0n) is 50.1. The van der Waals surface area contributed by atoms with Crippen LogP contribution in [0.1, 0.15) is 74.1 Å². The standard InChI is InChI=1S/C16H21F2NO3.C15H21F2NO.C14H19F2NO2.C11H10F2O2.C6H13O3P/c1-3-22-16(20)13-10-19(6-7-21-2)9-12(13)11-4-5-14(17)15(18)8-11;1-3-11-9-18(6-7-19-2)10-13(11)12-4-5-14(16)15(17)8-12;1-19-5-4-17-7-11(9-18)12(8-17)10-2-3-13(15)14(16)6-10;1-2-15-11(14)6-4-8-3-5-9(12)10(13)7-8;1-4-9-6(7)5-10(2,3)8/h4-5,8,12-13H,3,6-7,9-10H2,1-2H3;4-5,8,11,13H,3,6-7,9-10H2,1-2H3;2-3,6,11-12,18H,4-5,7-9H2,1H3;3-7H,2H2,1H3;4-5H2,1-3H3/b;;;6-4+;/t12-,13+;11-,13-;11-,12-;;/m010../s1. The van der Waals surface area contributed by atoms with Crippen molar-refractivity contribution in [1.82, 2.24) is 14.7 Å². The summed E-state index contributed by atoms with van der Waals surface area (Å²) in [6, 6.07) is 15.5. The molecule has 0 radical (unpaired) electrons. The number of hydrogen-bond acceptors (Lipinski definition) is 14.